The molecule has 444 valence electrons. The van der Waals surface area contributed by atoms with Crippen molar-refractivity contribution < 1.29 is 19.7 Å². The molecule has 0 radical (unpaired) electrons. The van der Waals surface area contributed by atoms with E-state index in [0.29, 0.717) is 18.8 Å². The molecule has 86 heavy (non-hydrogen) atoms. The van der Waals surface area contributed by atoms with Crippen LogP contribution in [-0.4, -0.2) is 23.4 Å². The van der Waals surface area contributed by atoms with E-state index in [0.717, 1.165) is 94.3 Å². The Morgan fingerprint density at radius 3 is 1.42 bits per heavy atom. The highest BCUT2D eigenvalue weighted by Crippen LogP contribution is 2.63. The Kier molecular flexibility index (Phi) is 17.8. The SMILES string of the molecule is CC.CCCCC1(CCCC)c2cc(Br)ccc2-c2cc3c(cc21)-c1ccc(Br)cc1C3(C1=CC=C(N(c2ccc(C3OCCO3)cc2)c2ccc(C(C)(C)C)cc2)CC1)c1ccc(N(c2ccc(C(O)O)cc2)c2ccc(C(C)(C)C)cc2)cc1. The van der Waals surface area contributed by atoms with Crippen LogP contribution in [0.15, 0.2) is 202 Å². The molecule has 8 aromatic rings. The van der Waals surface area contributed by atoms with Crippen molar-refractivity contribution in [3.05, 3.63) is 252 Å². The van der Waals surface area contributed by atoms with E-state index in [2.05, 4.69) is 255 Å². The van der Waals surface area contributed by atoms with E-state index in [1.807, 2.05) is 26.0 Å². The lowest BCUT2D eigenvalue weighted by Gasteiger charge is -2.39. The van der Waals surface area contributed by atoms with Crippen molar-refractivity contribution in [2.45, 2.75) is 155 Å². The highest BCUT2D eigenvalue weighted by molar-refractivity contribution is 9.10. The molecule has 2 N–H and O–H groups in total. The molecular weight excluding hydrogens is 1190 g/mol. The van der Waals surface area contributed by atoms with E-state index < -0.39 is 11.7 Å². The van der Waals surface area contributed by atoms with Crippen molar-refractivity contribution in [3.8, 4) is 22.3 Å². The molecule has 8 heteroatoms. The van der Waals surface area contributed by atoms with Crippen LogP contribution in [0.5, 0.6) is 0 Å². The maximum absolute atomic E-state index is 10.2. The number of anilines is 5. The normalized spacial score (nSPS) is 16.8. The lowest BCUT2D eigenvalue weighted by molar-refractivity contribution is -0.0441. The third kappa shape index (κ3) is 11.3. The second-order valence-electron chi connectivity index (χ2n) is 25.7. The number of aliphatic hydroxyl groups excluding tert-OH is 1. The topological polar surface area (TPSA) is 65.4 Å². The number of allylic oxidation sites excluding steroid dienone is 4. The number of hydrogen-bond acceptors (Lipinski definition) is 6. The molecule has 0 saturated carbocycles. The van der Waals surface area contributed by atoms with E-state index >= 15 is 0 Å². The van der Waals surface area contributed by atoms with Crippen LogP contribution in [-0.2, 0) is 31.1 Å². The zero-order chi connectivity index (χ0) is 60.7. The Bertz CT molecular complexity index is 3760. The highest BCUT2D eigenvalue weighted by atomic mass is 79.9. The minimum atomic E-state index is -1.56. The van der Waals surface area contributed by atoms with Gasteiger partial charge >= 0.3 is 0 Å². The molecule has 3 aliphatic carbocycles. The maximum Gasteiger partial charge on any atom is 0.184 e. The van der Waals surface area contributed by atoms with Crippen LogP contribution in [0, 0.1) is 0 Å². The minimum Gasteiger partial charge on any atom is -0.364 e. The van der Waals surface area contributed by atoms with Crippen molar-refractivity contribution in [2.75, 3.05) is 23.0 Å². The summed E-state index contributed by atoms with van der Waals surface area (Å²) >= 11 is 8.02. The molecule has 1 fully saturated rings. The molecule has 0 aromatic heterocycles. The van der Waals surface area contributed by atoms with Crippen molar-refractivity contribution in [2.24, 2.45) is 0 Å². The summed E-state index contributed by atoms with van der Waals surface area (Å²) in [6.07, 6.45) is 11.4. The van der Waals surface area contributed by atoms with E-state index in [-0.39, 0.29) is 22.5 Å². The summed E-state index contributed by atoms with van der Waals surface area (Å²) in [6, 6.07) is 63.0. The summed E-state index contributed by atoms with van der Waals surface area (Å²) in [5, 5.41) is 20.3. The molecule has 0 spiro atoms. The average Bonchev–Trinajstić information content (AvgIpc) is 1.54. The van der Waals surface area contributed by atoms with E-state index in [9.17, 15) is 10.2 Å². The number of rotatable bonds is 16. The molecule has 6 nitrogen and oxygen atoms in total. The number of fused-ring (bicyclic) bond motifs is 6. The zero-order valence-corrected chi connectivity index (χ0v) is 55.1. The van der Waals surface area contributed by atoms with Crippen LogP contribution in [0.25, 0.3) is 22.3 Å². The monoisotopic (exact) mass is 1270 g/mol. The molecule has 1 saturated heterocycles. The standard InChI is InChI=1S/C76H78Br2N2O4.C2H6/c1-9-11-41-75(42-12-10-2)67-45-55(77)25-39-63(67)65-48-70-66(47-68(65)75)64-40-26-56(78)46-69(64)76(70,53-21-35-61(36-22-53)79(57-27-13-49(14-28-57)71(81)82)59-31-17-51(18-32-59)73(3,4)5)54-23-37-62(38-24-54)80(60-33-19-52(20-34-60)74(6,7)8)58-29-15-50(16-30-58)72-83-43-44-84-72;1-2/h13-23,25-37,39-40,45-48,71-72,81-82H,9-12,24,38,41-44H2,1-8H3;1-2H3. The molecule has 1 atom stereocenters. The van der Waals surface area contributed by atoms with Crippen LogP contribution in [0.4, 0.5) is 28.4 Å². The first-order valence-corrected chi connectivity index (χ1v) is 32.9. The Morgan fingerprint density at radius 2 is 0.930 bits per heavy atom. The largest absolute Gasteiger partial charge is 0.364 e. The molecule has 0 bridgehead atoms. The van der Waals surface area contributed by atoms with Gasteiger partial charge in [-0.1, -0.05) is 211 Å². The van der Waals surface area contributed by atoms with Gasteiger partial charge in [0.1, 0.15) is 0 Å². The number of halogens is 2. The minimum absolute atomic E-state index is 0.0152. The predicted octanol–water partition coefficient (Wildman–Crippen LogP) is 21.7. The fraction of sp³-hybridized carbons (Fsp3) is 0.333. The quantitative estimate of drug-likeness (QED) is 0.0940. The first kappa shape index (κ1) is 61.3. The fourth-order valence-corrected chi connectivity index (χ4v) is 14.7. The van der Waals surface area contributed by atoms with Gasteiger partial charge in [0, 0.05) is 59.6 Å². The van der Waals surface area contributed by atoms with Crippen molar-refractivity contribution >= 4 is 60.3 Å². The van der Waals surface area contributed by atoms with Crippen LogP contribution in [0.3, 0.4) is 0 Å². The van der Waals surface area contributed by atoms with Crippen molar-refractivity contribution in [1.82, 2.24) is 0 Å². The summed E-state index contributed by atoms with van der Waals surface area (Å²) < 4.78 is 14.1. The molecule has 1 heterocycles. The van der Waals surface area contributed by atoms with E-state index in [4.69, 9.17) is 9.47 Å². The first-order valence-electron chi connectivity index (χ1n) is 31.3. The summed E-state index contributed by atoms with van der Waals surface area (Å²) in [5.41, 5.74) is 22.9. The van der Waals surface area contributed by atoms with Gasteiger partial charge in [0.05, 0.1) is 18.6 Å². The van der Waals surface area contributed by atoms with Crippen LogP contribution in [0.2, 0.25) is 0 Å². The second kappa shape index (κ2) is 25.0. The first-order chi connectivity index (χ1) is 41.4. The summed E-state index contributed by atoms with van der Waals surface area (Å²) in [6.45, 7) is 23.4. The number of aliphatic hydroxyl groups is 2. The van der Waals surface area contributed by atoms with Gasteiger partial charge < -0.3 is 29.5 Å². The zero-order valence-electron chi connectivity index (χ0n) is 51.9. The number of benzene rings is 8. The third-order valence-electron chi connectivity index (χ3n) is 18.4. The van der Waals surface area contributed by atoms with E-state index in [1.54, 1.807) is 12.1 Å². The highest BCUT2D eigenvalue weighted by Gasteiger charge is 2.51. The number of unbranched alkanes of at least 4 members (excludes halogenated alkanes) is 2. The van der Waals surface area contributed by atoms with Gasteiger partial charge in [-0.15, -0.1) is 0 Å². The summed E-state index contributed by atoms with van der Waals surface area (Å²) in [4.78, 5) is 4.72. The third-order valence-corrected chi connectivity index (χ3v) is 19.4. The van der Waals surface area contributed by atoms with Gasteiger partial charge in [0.15, 0.2) is 12.6 Å². The van der Waals surface area contributed by atoms with Gasteiger partial charge in [-0.05, 0) is 201 Å². The molecule has 12 rings (SSSR count). The number of nitrogens with zero attached hydrogens (tertiary/aromatic N) is 2. The number of ether oxygens (including phenoxy) is 2. The van der Waals surface area contributed by atoms with Gasteiger partial charge in [0.2, 0.25) is 0 Å². The lowest BCUT2D eigenvalue weighted by atomic mass is 9.64. The molecule has 1 aliphatic heterocycles. The lowest BCUT2D eigenvalue weighted by Crippen LogP contribution is -2.31. The van der Waals surface area contributed by atoms with Crippen molar-refractivity contribution in [1.29, 1.82) is 0 Å². The summed E-state index contributed by atoms with van der Waals surface area (Å²) in [7, 11) is 0. The molecule has 8 aromatic carbocycles. The molecule has 1 unspecified atom stereocenters. The average molecular weight is 1270 g/mol. The van der Waals surface area contributed by atoms with Crippen molar-refractivity contribution in [3.63, 3.8) is 0 Å². The van der Waals surface area contributed by atoms with Gasteiger partial charge in [0.25, 0.3) is 0 Å². The fourth-order valence-electron chi connectivity index (χ4n) is 14.0. The number of hydrogen-bond donors (Lipinski definition) is 2. The molecule has 4 aliphatic rings. The Morgan fingerprint density at radius 1 is 0.500 bits per heavy atom. The van der Waals surface area contributed by atoms with Crippen LogP contribution in [0.1, 0.15) is 183 Å². The Balaban J connectivity index is 0.00000380. The maximum atomic E-state index is 10.2. The Hall–Kier alpha value is -6.36. The summed E-state index contributed by atoms with van der Waals surface area (Å²) in [5.74, 6) is 0. The van der Waals surface area contributed by atoms with Gasteiger partial charge in [-0.25, -0.2) is 0 Å². The molecular formula is C78H84Br2N2O4. The van der Waals surface area contributed by atoms with Crippen LogP contribution >= 0.6 is 31.9 Å². The molecule has 0 amide bonds. The smallest absolute Gasteiger partial charge is 0.184 e. The Labute approximate surface area is 528 Å². The van der Waals surface area contributed by atoms with Gasteiger partial charge in [-0.2, -0.15) is 0 Å². The van der Waals surface area contributed by atoms with E-state index in [1.165, 1.54) is 72.5 Å². The van der Waals surface area contributed by atoms with Gasteiger partial charge in [-0.3, -0.25) is 0 Å². The predicted molar refractivity (Wildman–Crippen MR) is 365 cm³/mol. The second-order valence-corrected chi connectivity index (χ2v) is 27.5. The van der Waals surface area contributed by atoms with Crippen LogP contribution < -0.4 is 9.80 Å².